The summed E-state index contributed by atoms with van der Waals surface area (Å²) in [6.07, 6.45) is 3.32. The SMILES string of the molecule is C=C[C@@H](O)C[C@H]1COC(CC)(CC)O1. The fourth-order valence-corrected chi connectivity index (χ4v) is 1.72. The van der Waals surface area contributed by atoms with Crippen LogP contribution in [0.5, 0.6) is 0 Å². The van der Waals surface area contributed by atoms with Gasteiger partial charge in [-0.3, -0.25) is 0 Å². The molecule has 1 fully saturated rings. The molecule has 0 aliphatic carbocycles. The zero-order valence-corrected chi connectivity index (χ0v) is 9.03. The summed E-state index contributed by atoms with van der Waals surface area (Å²) >= 11 is 0. The van der Waals surface area contributed by atoms with Crippen LogP contribution in [0, 0.1) is 0 Å². The highest BCUT2D eigenvalue weighted by atomic mass is 16.7. The van der Waals surface area contributed by atoms with E-state index < -0.39 is 11.9 Å². The van der Waals surface area contributed by atoms with Crippen LogP contribution in [0.1, 0.15) is 33.1 Å². The Bertz CT molecular complexity index is 187. The molecule has 3 nitrogen and oxygen atoms in total. The highest BCUT2D eigenvalue weighted by molar-refractivity contribution is 4.84. The van der Waals surface area contributed by atoms with Crippen molar-refractivity contribution in [2.75, 3.05) is 6.61 Å². The highest BCUT2D eigenvalue weighted by Crippen LogP contribution is 2.31. The maximum Gasteiger partial charge on any atom is 0.168 e. The Morgan fingerprint density at radius 1 is 1.57 bits per heavy atom. The van der Waals surface area contributed by atoms with Gasteiger partial charge in [-0.25, -0.2) is 0 Å². The van der Waals surface area contributed by atoms with Crippen LogP contribution >= 0.6 is 0 Å². The monoisotopic (exact) mass is 200 g/mol. The first kappa shape index (κ1) is 11.7. The molecule has 1 heterocycles. The summed E-state index contributed by atoms with van der Waals surface area (Å²) in [6.45, 7) is 8.21. The topological polar surface area (TPSA) is 38.7 Å². The second kappa shape index (κ2) is 4.91. The minimum absolute atomic E-state index is 0.00269. The predicted octanol–water partition coefficient (Wildman–Crippen LogP) is 1.86. The summed E-state index contributed by atoms with van der Waals surface area (Å²) in [4.78, 5) is 0. The van der Waals surface area contributed by atoms with Gasteiger partial charge in [-0.15, -0.1) is 6.58 Å². The summed E-state index contributed by atoms with van der Waals surface area (Å²) < 4.78 is 11.4. The van der Waals surface area contributed by atoms with Crippen LogP contribution in [0.4, 0.5) is 0 Å². The van der Waals surface area contributed by atoms with E-state index in [-0.39, 0.29) is 6.10 Å². The average molecular weight is 200 g/mol. The Kier molecular flexibility index (Phi) is 4.11. The molecule has 0 aromatic heterocycles. The van der Waals surface area contributed by atoms with Crippen molar-refractivity contribution in [2.24, 2.45) is 0 Å². The minimum Gasteiger partial charge on any atom is -0.389 e. The van der Waals surface area contributed by atoms with Crippen molar-refractivity contribution in [1.29, 1.82) is 0 Å². The molecular formula is C11H20O3. The first-order valence-corrected chi connectivity index (χ1v) is 5.28. The van der Waals surface area contributed by atoms with Crippen LogP contribution in [-0.4, -0.2) is 29.7 Å². The van der Waals surface area contributed by atoms with E-state index in [2.05, 4.69) is 20.4 Å². The second-order valence-corrected chi connectivity index (χ2v) is 3.71. The smallest absolute Gasteiger partial charge is 0.168 e. The Morgan fingerprint density at radius 3 is 2.64 bits per heavy atom. The second-order valence-electron chi connectivity index (χ2n) is 3.71. The van der Waals surface area contributed by atoms with Crippen molar-refractivity contribution >= 4 is 0 Å². The largest absolute Gasteiger partial charge is 0.389 e. The zero-order chi connectivity index (χ0) is 10.6. The molecular weight excluding hydrogens is 180 g/mol. The minimum atomic E-state index is -0.492. The molecule has 1 aliphatic heterocycles. The Labute approximate surface area is 85.7 Å². The lowest BCUT2D eigenvalue weighted by Gasteiger charge is -2.25. The number of rotatable bonds is 5. The summed E-state index contributed by atoms with van der Waals surface area (Å²) in [5.41, 5.74) is 0. The van der Waals surface area contributed by atoms with E-state index in [9.17, 15) is 5.11 Å². The van der Waals surface area contributed by atoms with Gasteiger partial charge in [0.1, 0.15) is 0 Å². The number of hydrogen-bond donors (Lipinski definition) is 1. The van der Waals surface area contributed by atoms with E-state index in [1.54, 1.807) is 0 Å². The normalized spacial score (nSPS) is 27.5. The Balaban J connectivity index is 2.43. The van der Waals surface area contributed by atoms with Crippen LogP contribution in [0.25, 0.3) is 0 Å². The first-order valence-electron chi connectivity index (χ1n) is 5.28. The molecule has 0 radical (unpaired) electrons. The van der Waals surface area contributed by atoms with Crippen LogP contribution in [0.2, 0.25) is 0 Å². The summed E-state index contributed by atoms with van der Waals surface area (Å²) in [5.74, 6) is -0.411. The predicted molar refractivity (Wildman–Crippen MR) is 55.0 cm³/mol. The third-order valence-corrected chi connectivity index (χ3v) is 2.77. The summed E-state index contributed by atoms with van der Waals surface area (Å²) in [7, 11) is 0. The number of aliphatic hydroxyl groups is 1. The third-order valence-electron chi connectivity index (χ3n) is 2.77. The van der Waals surface area contributed by atoms with Crippen molar-refractivity contribution in [1.82, 2.24) is 0 Å². The van der Waals surface area contributed by atoms with Gasteiger partial charge in [0.2, 0.25) is 0 Å². The molecule has 0 unspecified atom stereocenters. The van der Waals surface area contributed by atoms with Crippen molar-refractivity contribution in [3.05, 3.63) is 12.7 Å². The lowest BCUT2D eigenvalue weighted by molar-refractivity contribution is -0.173. The molecule has 1 aliphatic rings. The van der Waals surface area contributed by atoms with E-state index >= 15 is 0 Å². The van der Waals surface area contributed by atoms with Gasteiger partial charge in [0.25, 0.3) is 0 Å². The van der Waals surface area contributed by atoms with Gasteiger partial charge in [0.05, 0.1) is 18.8 Å². The van der Waals surface area contributed by atoms with Crippen molar-refractivity contribution in [2.45, 2.75) is 51.1 Å². The molecule has 82 valence electrons. The lowest BCUT2D eigenvalue weighted by Crippen LogP contribution is -2.29. The van der Waals surface area contributed by atoms with Gasteiger partial charge in [-0.1, -0.05) is 19.9 Å². The van der Waals surface area contributed by atoms with Crippen molar-refractivity contribution in [3.63, 3.8) is 0 Å². The molecule has 14 heavy (non-hydrogen) atoms. The Morgan fingerprint density at radius 2 is 2.21 bits per heavy atom. The van der Waals surface area contributed by atoms with E-state index in [0.29, 0.717) is 13.0 Å². The first-order chi connectivity index (χ1) is 6.65. The van der Waals surface area contributed by atoms with E-state index in [1.165, 1.54) is 6.08 Å². The Hall–Kier alpha value is -0.380. The molecule has 0 bridgehead atoms. The number of ether oxygens (including phenoxy) is 2. The van der Waals surface area contributed by atoms with E-state index in [4.69, 9.17) is 9.47 Å². The maximum absolute atomic E-state index is 9.38. The molecule has 1 saturated heterocycles. The maximum atomic E-state index is 9.38. The van der Waals surface area contributed by atoms with E-state index in [0.717, 1.165) is 12.8 Å². The number of hydrogen-bond acceptors (Lipinski definition) is 3. The molecule has 0 spiro atoms. The van der Waals surface area contributed by atoms with Crippen LogP contribution in [0.15, 0.2) is 12.7 Å². The van der Waals surface area contributed by atoms with Crippen molar-refractivity contribution < 1.29 is 14.6 Å². The standard InChI is InChI=1S/C11H20O3/c1-4-9(12)7-10-8-13-11(5-2,6-3)14-10/h4,9-10,12H,1,5-8H2,2-3H3/t9-,10+/m1/s1. The molecule has 2 atom stereocenters. The molecule has 1 rings (SSSR count). The highest BCUT2D eigenvalue weighted by Gasteiger charge is 2.38. The summed E-state index contributed by atoms with van der Waals surface area (Å²) in [5, 5.41) is 9.38. The fraction of sp³-hybridized carbons (Fsp3) is 0.818. The van der Waals surface area contributed by atoms with Gasteiger partial charge >= 0.3 is 0 Å². The van der Waals surface area contributed by atoms with Gasteiger partial charge in [0.15, 0.2) is 5.79 Å². The van der Waals surface area contributed by atoms with E-state index in [1.807, 2.05) is 0 Å². The zero-order valence-electron chi connectivity index (χ0n) is 9.03. The van der Waals surface area contributed by atoms with Crippen LogP contribution in [0.3, 0.4) is 0 Å². The summed E-state index contributed by atoms with van der Waals surface area (Å²) in [6, 6.07) is 0. The lowest BCUT2D eigenvalue weighted by atomic mass is 10.1. The molecule has 0 saturated carbocycles. The van der Waals surface area contributed by atoms with Crippen molar-refractivity contribution in [3.8, 4) is 0 Å². The molecule has 0 aromatic carbocycles. The van der Waals surface area contributed by atoms with Gasteiger partial charge < -0.3 is 14.6 Å². The van der Waals surface area contributed by atoms with Crippen LogP contribution in [-0.2, 0) is 9.47 Å². The number of aliphatic hydroxyl groups excluding tert-OH is 1. The third kappa shape index (κ3) is 2.56. The van der Waals surface area contributed by atoms with Crippen LogP contribution < -0.4 is 0 Å². The van der Waals surface area contributed by atoms with Gasteiger partial charge in [-0.05, 0) is 12.8 Å². The molecule has 1 N–H and O–H groups in total. The average Bonchev–Trinajstić information content (AvgIpc) is 2.62. The quantitative estimate of drug-likeness (QED) is 0.688. The molecule has 3 heteroatoms. The van der Waals surface area contributed by atoms with Gasteiger partial charge in [-0.2, -0.15) is 0 Å². The fourth-order valence-electron chi connectivity index (χ4n) is 1.72. The molecule has 0 amide bonds. The molecule has 0 aromatic rings. The van der Waals surface area contributed by atoms with Gasteiger partial charge in [0, 0.05) is 6.42 Å².